The van der Waals surface area contributed by atoms with E-state index in [0.717, 1.165) is 10.6 Å². The van der Waals surface area contributed by atoms with Gasteiger partial charge in [-0.15, -0.1) is 0 Å². The Labute approximate surface area is 83.7 Å². The number of aromatic amines is 1. The molecule has 1 heterocycles. The molecule has 7 heteroatoms. The molecule has 0 aromatic carbocycles. The summed E-state index contributed by atoms with van der Waals surface area (Å²) in [6, 6.07) is 1.07. The smallest absolute Gasteiger partial charge is 0.331 e. The number of hydrogen-bond donors (Lipinski definition) is 2. The maximum Gasteiger partial charge on any atom is 0.331 e. The van der Waals surface area contributed by atoms with Gasteiger partial charge in [0.05, 0.1) is 13.2 Å². The molecule has 78 valence electrons. The van der Waals surface area contributed by atoms with Crippen molar-refractivity contribution in [2.75, 3.05) is 13.2 Å². The van der Waals surface area contributed by atoms with Crippen molar-refractivity contribution in [2.24, 2.45) is 0 Å². The van der Waals surface area contributed by atoms with Crippen LogP contribution >= 0.6 is 11.6 Å². The van der Waals surface area contributed by atoms with Gasteiger partial charge in [-0.05, 0) is 0 Å². The molecule has 1 aromatic rings. The molecule has 0 saturated heterocycles. The van der Waals surface area contributed by atoms with E-state index in [9.17, 15) is 9.59 Å². The first-order valence-corrected chi connectivity index (χ1v) is 4.21. The van der Waals surface area contributed by atoms with Crippen LogP contribution in [0, 0.1) is 0 Å². The molecule has 0 unspecified atom stereocenters. The van der Waals surface area contributed by atoms with Crippen LogP contribution in [-0.2, 0) is 11.5 Å². The second-order valence-electron chi connectivity index (χ2n) is 2.45. The summed E-state index contributed by atoms with van der Waals surface area (Å²) in [6.07, 6.45) is 0. The van der Waals surface area contributed by atoms with Crippen LogP contribution in [0.3, 0.4) is 0 Å². The normalized spacial score (nSPS) is 10.4. The lowest BCUT2D eigenvalue weighted by molar-refractivity contribution is 0.0458. The van der Waals surface area contributed by atoms with E-state index >= 15 is 0 Å². The zero-order valence-corrected chi connectivity index (χ0v) is 7.95. The van der Waals surface area contributed by atoms with E-state index in [1.165, 1.54) is 0 Å². The minimum absolute atomic E-state index is 0.00307. The minimum Gasteiger partial charge on any atom is -0.394 e. The maximum absolute atomic E-state index is 11.1. The molecule has 0 radical (unpaired) electrons. The molecule has 0 atom stereocenters. The fraction of sp³-hybridized carbons (Fsp3) is 0.429. The Hall–Kier alpha value is -1.11. The summed E-state index contributed by atoms with van der Waals surface area (Å²) in [5, 5.41) is 8.42. The van der Waals surface area contributed by atoms with Gasteiger partial charge in [0.25, 0.3) is 5.56 Å². The van der Waals surface area contributed by atoms with Crippen LogP contribution < -0.4 is 11.2 Å². The number of rotatable bonds is 4. The zero-order chi connectivity index (χ0) is 10.6. The highest BCUT2D eigenvalue weighted by Crippen LogP contribution is 2.00. The lowest BCUT2D eigenvalue weighted by Crippen LogP contribution is -2.30. The highest BCUT2D eigenvalue weighted by Gasteiger charge is 2.02. The molecule has 0 fully saturated rings. The summed E-state index contributed by atoms with van der Waals surface area (Å²) in [5.74, 6) is 0. The van der Waals surface area contributed by atoms with Crippen molar-refractivity contribution in [3.63, 3.8) is 0 Å². The summed E-state index contributed by atoms with van der Waals surface area (Å²) in [6.45, 7) is -0.146. The number of nitrogens with one attached hydrogen (secondary N) is 1. The van der Waals surface area contributed by atoms with E-state index < -0.39 is 11.2 Å². The number of aromatic nitrogens is 2. The van der Waals surface area contributed by atoms with Crippen LogP contribution in [0.5, 0.6) is 0 Å². The SMILES string of the molecule is O=c1cc(Cl)n(COCCO)c(=O)[nH]1. The number of aliphatic hydroxyl groups is 1. The molecule has 1 aromatic heterocycles. The number of aliphatic hydroxyl groups excluding tert-OH is 1. The maximum atomic E-state index is 11.1. The first-order chi connectivity index (χ1) is 6.65. The van der Waals surface area contributed by atoms with Gasteiger partial charge in [0, 0.05) is 6.07 Å². The Kier molecular flexibility index (Phi) is 3.87. The molecule has 2 N–H and O–H groups in total. The number of H-pyrrole nitrogens is 1. The molecule has 0 aliphatic carbocycles. The number of ether oxygens (including phenoxy) is 1. The largest absolute Gasteiger partial charge is 0.394 e. The van der Waals surface area contributed by atoms with Crippen LogP contribution in [0.2, 0.25) is 5.15 Å². The van der Waals surface area contributed by atoms with Crippen LogP contribution in [-0.4, -0.2) is 27.9 Å². The summed E-state index contributed by atoms with van der Waals surface area (Å²) in [5.41, 5.74) is -1.20. The second-order valence-corrected chi connectivity index (χ2v) is 2.84. The van der Waals surface area contributed by atoms with E-state index in [1.807, 2.05) is 4.98 Å². The molecule has 6 nitrogen and oxygen atoms in total. The van der Waals surface area contributed by atoms with E-state index in [1.54, 1.807) is 0 Å². The molecule has 0 saturated carbocycles. The van der Waals surface area contributed by atoms with Gasteiger partial charge >= 0.3 is 5.69 Å². The Morgan fingerprint density at radius 2 is 2.29 bits per heavy atom. The van der Waals surface area contributed by atoms with Gasteiger partial charge in [0.15, 0.2) is 0 Å². The fourth-order valence-corrected chi connectivity index (χ4v) is 1.06. The third kappa shape index (κ3) is 2.69. The molecule has 0 spiro atoms. The molecule has 0 amide bonds. The highest BCUT2D eigenvalue weighted by atomic mass is 35.5. The van der Waals surface area contributed by atoms with Gasteiger partial charge in [-0.1, -0.05) is 11.6 Å². The van der Waals surface area contributed by atoms with Crippen molar-refractivity contribution in [3.8, 4) is 0 Å². The van der Waals surface area contributed by atoms with Gasteiger partial charge in [0.2, 0.25) is 0 Å². The van der Waals surface area contributed by atoms with Crippen LogP contribution in [0.4, 0.5) is 0 Å². The van der Waals surface area contributed by atoms with Crippen LogP contribution in [0.25, 0.3) is 0 Å². The Morgan fingerprint density at radius 1 is 1.57 bits per heavy atom. The Balaban J connectivity index is 2.86. The van der Waals surface area contributed by atoms with Crippen molar-refractivity contribution in [3.05, 3.63) is 32.1 Å². The van der Waals surface area contributed by atoms with Crippen molar-refractivity contribution in [2.45, 2.75) is 6.73 Å². The first kappa shape index (κ1) is 11.0. The minimum atomic E-state index is -0.638. The molecule has 0 aliphatic heterocycles. The van der Waals surface area contributed by atoms with Crippen molar-refractivity contribution < 1.29 is 9.84 Å². The molecular weight excluding hydrogens is 212 g/mol. The number of hydrogen-bond acceptors (Lipinski definition) is 4. The summed E-state index contributed by atoms with van der Waals surface area (Å²) in [4.78, 5) is 23.9. The first-order valence-electron chi connectivity index (χ1n) is 3.83. The number of nitrogens with zero attached hydrogens (tertiary/aromatic N) is 1. The topological polar surface area (TPSA) is 84.3 Å². The Morgan fingerprint density at radius 3 is 2.86 bits per heavy atom. The van der Waals surface area contributed by atoms with Gasteiger partial charge < -0.3 is 9.84 Å². The summed E-state index contributed by atoms with van der Waals surface area (Å²) >= 11 is 5.61. The van der Waals surface area contributed by atoms with Gasteiger partial charge in [-0.3, -0.25) is 14.3 Å². The molecule has 0 aliphatic rings. The molecule has 14 heavy (non-hydrogen) atoms. The monoisotopic (exact) mass is 220 g/mol. The zero-order valence-electron chi connectivity index (χ0n) is 7.20. The second kappa shape index (κ2) is 4.94. The standard InChI is InChI=1S/C7H9ClN2O4/c8-5-3-6(12)9-7(13)10(5)4-14-2-1-11/h3,11H,1-2,4H2,(H,9,12,13). The highest BCUT2D eigenvalue weighted by molar-refractivity contribution is 6.29. The average molecular weight is 221 g/mol. The van der Waals surface area contributed by atoms with Crippen molar-refractivity contribution in [1.29, 1.82) is 0 Å². The number of halogens is 1. The van der Waals surface area contributed by atoms with Gasteiger partial charge in [-0.2, -0.15) is 0 Å². The van der Waals surface area contributed by atoms with Crippen LogP contribution in [0.1, 0.15) is 0 Å². The molecular formula is C7H9ClN2O4. The predicted molar refractivity (Wildman–Crippen MR) is 49.4 cm³/mol. The quantitative estimate of drug-likeness (QED) is 0.512. The third-order valence-corrected chi connectivity index (χ3v) is 1.75. The lowest BCUT2D eigenvalue weighted by atomic mass is 10.6. The van der Waals surface area contributed by atoms with Gasteiger partial charge in [-0.25, -0.2) is 4.79 Å². The third-order valence-electron chi connectivity index (χ3n) is 1.44. The Bertz CT molecular complexity index is 411. The summed E-state index contributed by atoms with van der Waals surface area (Å²) < 4.78 is 5.92. The van der Waals surface area contributed by atoms with E-state index in [-0.39, 0.29) is 25.1 Å². The van der Waals surface area contributed by atoms with E-state index in [0.29, 0.717) is 0 Å². The van der Waals surface area contributed by atoms with Crippen molar-refractivity contribution >= 4 is 11.6 Å². The predicted octanol–water partition coefficient (Wildman–Crippen LogP) is -0.844. The van der Waals surface area contributed by atoms with Crippen LogP contribution in [0.15, 0.2) is 15.7 Å². The van der Waals surface area contributed by atoms with Crippen molar-refractivity contribution in [1.82, 2.24) is 9.55 Å². The van der Waals surface area contributed by atoms with E-state index in [4.69, 9.17) is 21.4 Å². The molecule has 1 rings (SSSR count). The molecule has 0 bridgehead atoms. The average Bonchev–Trinajstić information content (AvgIpc) is 2.09. The lowest BCUT2D eigenvalue weighted by Gasteiger charge is -2.06. The van der Waals surface area contributed by atoms with Gasteiger partial charge in [0.1, 0.15) is 11.9 Å². The fourth-order valence-electron chi connectivity index (χ4n) is 0.833. The van der Waals surface area contributed by atoms with E-state index in [2.05, 4.69) is 0 Å². The summed E-state index contributed by atoms with van der Waals surface area (Å²) in [7, 11) is 0.